The highest BCUT2D eigenvalue weighted by Gasteiger charge is 2.05. The monoisotopic (exact) mass is 234 g/mol. The van der Waals surface area contributed by atoms with E-state index in [0.717, 1.165) is 28.9 Å². The summed E-state index contributed by atoms with van der Waals surface area (Å²) in [5, 5.41) is 0. The molecule has 0 unspecified atom stereocenters. The fourth-order valence-electron chi connectivity index (χ4n) is 1.69. The molecular weight excluding hydrogens is 220 g/mol. The molecule has 0 saturated heterocycles. The fraction of sp³-hybridized carbons (Fsp3) is 0.250. The summed E-state index contributed by atoms with van der Waals surface area (Å²) in [4.78, 5) is 3.16. The zero-order chi connectivity index (χ0) is 11.7. The second-order valence-electron chi connectivity index (χ2n) is 3.86. The Bertz CT molecular complexity index is 595. The van der Waals surface area contributed by atoms with E-state index < -0.39 is 0 Å². The van der Waals surface area contributed by atoms with E-state index in [2.05, 4.69) is 11.6 Å². The van der Waals surface area contributed by atoms with Crippen LogP contribution in [-0.4, -0.2) is 16.7 Å². The topological polar surface area (TPSA) is 29.9 Å². The van der Waals surface area contributed by atoms with Crippen molar-refractivity contribution in [2.45, 2.75) is 13.5 Å². The largest absolute Gasteiger partial charge is 0.497 e. The van der Waals surface area contributed by atoms with E-state index >= 15 is 0 Å². The van der Waals surface area contributed by atoms with Gasteiger partial charge in [-0.05, 0) is 31.3 Å². The number of fused-ring (bicyclic) bond motifs is 1. The number of allylic oxidation sites excluding steroid dienone is 1. The molecule has 1 N–H and O–H groups in total. The van der Waals surface area contributed by atoms with Gasteiger partial charge in [-0.3, -0.25) is 0 Å². The summed E-state index contributed by atoms with van der Waals surface area (Å²) in [5.41, 5.74) is 3.14. The minimum atomic E-state index is 0.714. The van der Waals surface area contributed by atoms with E-state index in [0.29, 0.717) is 4.77 Å². The van der Waals surface area contributed by atoms with Gasteiger partial charge in [0.1, 0.15) is 5.75 Å². The molecule has 3 nitrogen and oxygen atoms in total. The predicted molar refractivity (Wildman–Crippen MR) is 68.5 cm³/mol. The van der Waals surface area contributed by atoms with Crippen LogP contribution in [0.3, 0.4) is 0 Å². The number of aromatic nitrogens is 2. The first-order chi connectivity index (χ1) is 7.61. The first-order valence-corrected chi connectivity index (χ1v) is 5.43. The number of benzene rings is 1. The van der Waals surface area contributed by atoms with Crippen LogP contribution in [0.25, 0.3) is 11.0 Å². The molecule has 1 heterocycles. The summed E-state index contributed by atoms with van der Waals surface area (Å²) < 4.78 is 7.95. The maximum Gasteiger partial charge on any atom is 0.178 e. The Morgan fingerprint density at radius 3 is 2.94 bits per heavy atom. The lowest BCUT2D eigenvalue weighted by Gasteiger charge is -2.04. The molecule has 0 bridgehead atoms. The van der Waals surface area contributed by atoms with E-state index in [-0.39, 0.29) is 0 Å². The van der Waals surface area contributed by atoms with Crippen molar-refractivity contribution >= 4 is 23.3 Å². The third-order valence-electron chi connectivity index (χ3n) is 2.41. The maximum atomic E-state index is 5.28. The Balaban J connectivity index is 2.65. The molecule has 0 spiro atoms. The van der Waals surface area contributed by atoms with Gasteiger partial charge in [0, 0.05) is 12.6 Å². The number of nitrogens with zero attached hydrogens (tertiary/aromatic N) is 1. The second kappa shape index (κ2) is 4.14. The van der Waals surface area contributed by atoms with Crippen LogP contribution in [0, 0.1) is 4.77 Å². The molecule has 1 aromatic heterocycles. The van der Waals surface area contributed by atoms with Gasteiger partial charge in [-0.25, -0.2) is 0 Å². The number of nitrogens with one attached hydrogen (secondary N) is 1. The predicted octanol–water partition coefficient (Wildman–Crippen LogP) is 3.28. The molecule has 84 valence electrons. The minimum Gasteiger partial charge on any atom is -0.497 e. The van der Waals surface area contributed by atoms with Gasteiger partial charge in [-0.2, -0.15) is 0 Å². The highest BCUT2D eigenvalue weighted by Crippen LogP contribution is 2.21. The lowest BCUT2D eigenvalue weighted by Crippen LogP contribution is -1.98. The Morgan fingerprint density at radius 2 is 2.31 bits per heavy atom. The molecular formula is C12H14N2OS. The number of hydrogen-bond donors (Lipinski definition) is 1. The number of rotatable bonds is 3. The van der Waals surface area contributed by atoms with Gasteiger partial charge in [-0.15, -0.1) is 0 Å². The number of imidazole rings is 1. The smallest absolute Gasteiger partial charge is 0.178 e. The summed E-state index contributed by atoms with van der Waals surface area (Å²) in [6.07, 6.45) is 0. The Labute approximate surface area is 99.4 Å². The third-order valence-corrected chi connectivity index (χ3v) is 2.73. The Hall–Kier alpha value is -1.55. The summed E-state index contributed by atoms with van der Waals surface area (Å²) in [5.74, 6) is 0.831. The van der Waals surface area contributed by atoms with Crippen LogP contribution >= 0.6 is 12.2 Å². The van der Waals surface area contributed by atoms with Gasteiger partial charge in [0.15, 0.2) is 4.77 Å². The molecule has 0 radical (unpaired) electrons. The zero-order valence-corrected chi connectivity index (χ0v) is 10.2. The number of methoxy groups -OCH3 is 1. The van der Waals surface area contributed by atoms with E-state index in [1.807, 2.05) is 29.7 Å². The van der Waals surface area contributed by atoms with Crippen LogP contribution in [0.1, 0.15) is 6.92 Å². The van der Waals surface area contributed by atoms with Crippen LogP contribution < -0.4 is 4.74 Å². The fourth-order valence-corrected chi connectivity index (χ4v) is 1.96. The third kappa shape index (κ3) is 1.88. The van der Waals surface area contributed by atoms with E-state index in [1.165, 1.54) is 0 Å². The summed E-state index contributed by atoms with van der Waals surface area (Å²) in [6, 6.07) is 5.86. The lowest BCUT2D eigenvalue weighted by atomic mass is 10.3. The van der Waals surface area contributed by atoms with Crippen molar-refractivity contribution in [1.29, 1.82) is 0 Å². The SMILES string of the molecule is C=C(C)Cn1c(=S)[nH]c2ccc(OC)cc21. The molecule has 0 aliphatic rings. The van der Waals surface area contributed by atoms with Crippen LogP contribution in [0.5, 0.6) is 5.75 Å². The summed E-state index contributed by atoms with van der Waals surface area (Å²) in [7, 11) is 1.66. The highest BCUT2D eigenvalue weighted by atomic mass is 32.1. The first-order valence-electron chi connectivity index (χ1n) is 5.03. The molecule has 0 fully saturated rings. The highest BCUT2D eigenvalue weighted by molar-refractivity contribution is 7.71. The van der Waals surface area contributed by atoms with Crippen molar-refractivity contribution < 1.29 is 4.74 Å². The van der Waals surface area contributed by atoms with E-state index in [9.17, 15) is 0 Å². The van der Waals surface area contributed by atoms with Crippen molar-refractivity contribution in [1.82, 2.24) is 9.55 Å². The van der Waals surface area contributed by atoms with Crippen LogP contribution in [0.4, 0.5) is 0 Å². The van der Waals surface area contributed by atoms with Gasteiger partial charge < -0.3 is 14.3 Å². The quantitative estimate of drug-likeness (QED) is 0.652. The van der Waals surface area contributed by atoms with Gasteiger partial charge in [0.05, 0.1) is 18.1 Å². The molecule has 4 heteroatoms. The molecule has 2 rings (SSSR count). The van der Waals surface area contributed by atoms with Gasteiger partial charge >= 0.3 is 0 Å². The number of H-pyrrole nitrogens is 1. The van der Waals surface area contributed by atoms with Gasteiger partial charge in [0.2, 0.25) is 0 Å². The van der Waals surface area contributed by atoms with E-state index in [1.54, 1.807) is 7.11 Å². The lowest BCUT2D eigenvalue weighted by molar-refractivity contribution is 0.415. The number of ether oxygens (including phenoxy) is 1. The molecule has 16 heavy (non-hydrogen) atoms. The molecule has 0 aliphatic carbocycles. The summed E-state index contributed by atoms with van der Waals surface area (Å²) >= 11 is 5.28. The standard InChI is InChI=1S/C12H14N2OS/c1-8(2)7-14-11-6-9(15-3)4-5-10(11)13-12(14)16/h4-6H,1,7H2,2-3H3,(H,13,16). The van der Waals surface area contributed by atoms with Crippen LogP contribution in [-0.2, 0) is 6.54 Å². The molecule has 2 aromatic rings. The van der Waals surface area contributed by atoms with Gasteiger partial charge in [0.25, 0.3) is 0 Å². The first kappa shape index (κ1) is 11.0. The second-order valence-corrected chi connectivity index (χ2v) is 4.24. The van der Waals surface area contributed by atoms with Crippen LogP contribution in [0.15, 0.2) is 30.4 Å². The number of aromatic amines is 1. The average Bonchev–Trinajstić information content (AvgIpc) is 2.54. The molecule has 0 atom stereocenters. The molecule has 0 amide bonds. The summed E-state index contributed by atoms with van der Waals surface area (Å²) in [6.45, 7) is 6.62. The molecule has 0 saturated carbocycles. The van der Waals surface area contributed by atoms with Crippen molar-refractivity contribution in [3.63, 3.8) is 0 Å². The van der Waals surface area contributed by atoms with E-state index in [4.69, 9.17) is 17.0 Å². The van der Waals surface area contributed by atoms with Crippen molar-refractivity contribution in [2.24, 2.45) is 0 Å². The minimum absolute atomic E-state index is 0.714. The molecule has 1 aromatic carbocycles. The van der Waals surface area contributed by atoms with Crippen molar-refractivity contribution in [3.8, 4) is 5.75 Å². The van der Waals surface area contributed by atoms with Gasteiger partial charge in [-0.1, -0.05) is 12.2 Å². The Kier molecular flexibility index (Phi) is 2.83. The Morgan fingerprint density at radius 1 is 1.56 bits per heavy atom. The van der Waals surface area contributed by atoms with Crippen molar-refractivity contribution in [2.75, 3.05) is 7.11 Å². The molecule has 0 aliphatic heterocycles. The zero-order valence-electron chi connectivity index (χ0n) is 9.41. The van der Waals surface area contributed by atoms with Crippen LogP contribution in [0.2, 0.25) is 0 Å². The normalized spacial score (nSPS) is 10.6. The average molecular weight is 234 g/mol. The van der Waals surface area contributed by atoms with Crippen molar-refractivity contribution in [3.05, 3.63) is 35.1 Å². The number of hydrogen-bond acceptors (Lipinski definition) is 2. The maximum absolute atomic E-state index is 5.28.